The summed E-state index contributed by atoms with van der Waals surface area (Å²) >= 11 is 0. The van der Waals surface area contributed by atoms with Gasteiger partial charge in [-0.2, -0.15) is 0 Å². The molecule has 0 bridgehead atoms. The quantitative estimate of drug-likeness (QED) is 0.523. The van der Waals surface area contributed by atoms with Crippen LogP contribution in [0.3, 0.4) is 0 Å². The minimum Gasteiger partial charge on any atom is -0.392 e. The van der Waals surface area contributed by atoms with Crippen LogP contribution >= 0.6 is 0 Å². The van der Waals surface area contributed by atoms with E-state index < -0.39 is 0 Å². The first kappa shape index (κ1) is 17.8. The van der Waals surface area contributed by atoms with Gasteiger partial charge in [0.25, 0.3) is 0 Å². The molecule has 0 saturated carbocycles. The topological polar surface area (TPSA) is 53.5 Å². The van der Waals surface area contributed by atoms with Gasteiger partial charge in [0.15, 0.2) is 0 Å². The molecule has 110 valence electrons. The minimum absolute atomic E-state index is 0.253. The lowest BCUT2D eigenvalue weighted by molar-refractivity contribution is 0.0432. The molecule has 0 aliphatic heterocycles. The van der Waals surface area contributed by atoms with E-state index in [9.17, 15) is 0 Å². The van der Waals surface area contributed by atoms with Crippen molar-refractivity contribution >= 4 is 0 Å². The second kappa shape index (κ2) is 10.7. The molecule has 0 aromatic carbocycles. The second-order valence-electron chi connectivity index (χ2n) is 5.81. The van der Waals surface area contributed by atoms with E-state index in [1.54, 1.807) is 6.92 Å². The number of hydrogen-bond acceptors (Lipinski definition) is 4. The Morgan fingerprint density at radius 2 is 1.50 bits per heavy atom. The molecule has 2 unspecified atom stereocenters. The first-order chi connectivity index (χ1) is 8.41. The Morgan fingerprint density at radius 3 is 2.06 bits per heavy atom. The molecule has 4 nitrogen and oxygen atoms in total. The maximum Gasteiger partial charge on any atom is 0.0671 e. The summed E-state index contributed by atoms with van der Waals surface area (Å²) in [4.78, 5) is 0. The summed E-state index contributed by atoms with van der Waals surface area (Å²) < 4.78 is 5.78. The van der Waals surface area contributed by atoms with Crippen LogP contribution in [0.15, 0.2) is 0 Å². The lowest BCUT2D eigenvalue weighted by Crippen LogP contribution is -2.33. The summed E-state index contributed by atoms with van der Waals surface area (Å²) in [6.45, 7) is 14.7. The highest BCUT2D eigenvalue weighted by molar-refractivity contribution is 4.61. The van der Waals surface area contributed by atoms with Crippen LogP contribution in [0.2, 0.25) is 0 Å². The molecule has 0 spiro atoms. The van der Waals surface area contributed by atoms with E-state index in [1.807, 2.05) is 0 Å². The molecule has 18 heavy (non-hydrogen) atoms. The molecular weight excluding hydrogens is 228 g/mol. The van der Waals surface area contributed by atoms with Crippen LogP contribution in [0, 0.1) is 11.8 Å². The Kier molecular flexibility index (Phi) is 10.6. The highest BCUT2D eigenvalue weighted by atomic mass is 16.5. The molecule has 3 atom stereocenters. The van der Waals surface area contributed by atoms with Gasteiger partial charge in [-0.05, 0) is 38.8 Å². The van der Waals surface area contributed by atoms with Crippen LogP contribution in [-0.2, 0) is 4.74 Å². The van der Waals surface area contributed by atoms with Gasteiger partial charge >= 0.3 is 0 Å². The standard InChI is InChI=1S/C14H32N2O2/c1-11(2)6-15-9-14(5)18-10-12(3)7-16-8-13(4)17/h11-17H,6-10H2,1-5H3/t12?,13?,14-/m1/s1. The smallest absolute Gasteiger partial charge is 0.0671 e. The largest absolute Gasteiger partial charge is 0.392 e. The molecule has 0 heterocycles. The number of hydrogen-bond donors (Lipinski definition) is 3. The van der Waals surface area contributed by atoms with Gasteiger partial charge in [-0.1, -0.05) is 20.8 Å². The molecule has 0 rings (SSSR count). The molecular formula is C14H32N2O2. The van der Waals surface area contributed by atoms with Crippen molar-refractivity contribution in [3.8, 4) is 0 Å². The number of ether oxygens (including phenoxy) is 1. The van der Waals surface area contributed by atoms with E-state index in [1.165, 1.54) is 0 Å². The van der Waals surface area contributed by atoms with Crippen molar-refractivity contribution in [2.24, 2.45) is 11.8 Å². The zero-order valence-corrected chi connectivity index (χ0v) is 12.7. The van der Waals surface area contributed by atoms with E-state index in [0.29, 0.717) is 18.4 Å². The van der Waals surface area contributed by atoms with Crippen molar-refractivity contribution < 1.29 is 9.84 Å². The SMILES string of the molecule is CC(C)CNC[C@@H](C)OCC(C)CNCC(C)O. The fourth-order valence-corrected chi connectivity index (χ4v) is 1.56. The van der Waals surface area contributed by atoms with Crippen LogP contribution in [0.25, 0.3) is 0 Å². The van der Waals surface area contributed by atoms with E-state index in [2.05, 4.69) is 38.3 Å². The number of aliphatic hydroxyl groups excluding tert-OH is 1. The van der Waals surface area contributed by atoms with Crippen molar-refractivity contribution in [1.82, 2.24) is 10.6 Å². The Hall–Kier alpha value is -0.160. The van der Waals surface area contributed by atoms with Gasteiger partial charge in [-0.3, -0.25) is 0 Å². The van der Waals surface area contributed by atoms with Gasteiger partial charge in [0.1, 0.15) is 0 Å². The Balaban J connectivity index is 3.44. The van der Waals surface area contributed by atoms with Crippen molar-refractivity contribution in [3.05, 3.63) is 0 Å². The summed E-state index contributed by atoms with van der Waals surface area (Å²) in [5.41, 5.74) is 0. The van der Waals surface area contributed by atoms with Gasteiger partial charge in [-0.25, -0.2) is 0 Å². The fourth-order valence-electron chi connectivity index (χ4n) is 1.56. The average molecular weight is 260 g/mol. The van der Waals surface area contributed by atoms with Crippen molar-refractivity contribution in [2.75, 3.05) is 32.8 Å². The molecule has 0 aromatic rings. The van der Waals surface area contributed by atoms with Crippen LogP contribution in [-0.4, -0.2) is 50.1 Å². The molecule has 0 fully saturated rings. The van der Waals surface area contributed by atoms with E-state index in [-0.39, 0.29) is 12.2 Å². The van der Waals surface area contributed by atoms with Crippen LogP contribution in [0.4, 0.5) is 0 Å². The predicted octanol–water partition coefficient (Wildman–Crippen LogP) is 1.24. The molecule has 0 radical (unpaired) electrons. The third-order valence-corrected chi connectivity index (χ3v) is 2.58. The van der Waals surface area contributed by atoms with Gasteiger partial charge in [-0.15, -0.1) is 0 Å². The third-order valence-electron chi connectivity index (χ3n) is 2.58. The van der Waals surface area contributed by atoms with Crippen molar-refractivity contribution in [3.63, 3.8) is 0 Å². The first-order valence-corrected chi connectivity index (χ1v) is 7.12. The summed E-state index contributed by atoms with van der Waals surface area (Å²) in [7, 11) is 0. The molecule has 0 aliphatic carbocycles. The summed E-state index contributed by atoms with van der Waals surface area (Å²) in [6, 6.07) is 0. The predicted molar refractivity (Wildman–Crippen MR) is 76.8 cm³/mol. The highest BCUT2D eigenvalue weighted by Crippen LogP contribution is 1.98. The zero-order valence-electron chi connectivity index (χ0n) is 12.7. The van der Waals surface area contributed by atoms with Crippen LogP contribution in [0.5, 0.6) is 0 Å². The molecule has 0 saturated heterocycles. The second-order valence-corrected chi connectivity index (χ2v) is 5.81. The van der Waals surface area contributed by atoms with Gasteiger partial charge in [0.2, 0.25) is 0 Å². The Bertz CT molecular complexity index is 167. The van der Waals surface area contributed by atoms with E-state index >= 15 is 0 Å². The van der Waals surface area contributed by atoms with Crippen LogP contribution < -0.4 is 10.6 Å². The molecule has 0 amide bonds. The number of nitrogens with one attached hydrogen (secondary N) is 2. The maximum absolute atomic E-state index is 9.12. The molecule has 4 heteroatoms. The maximum atomic E-state index is 9.12. The zero-order chi connectivity index (χ0) is 14.0. The summed E-state index contributed by atoms with van der Waals surface area (Å²) in [5, 5.41) is 15.7. The van der Waals surface area contributed by atoms with Gasteiger partial charge in [0, 0.05) is 13.1 Å². The Labute approximate surface area is 112 Å². The minimum atomic E-state index is -0.280. The molecule has 0 aromatic heterocycles. The Morgan fingerprint density at radius 1 is 0.889 bits per heavy atom. The number of rotatable bonds is 11. The lowest BCUT2D eigenvalue weighted by atomic mass is 10.2. The molecule has 0 aliphatic rings. The number of aliphatic hydroxyl groups is 1. The van der Waals surface area contributed by atoms with E-state index in [0.717, 1.165) is 26.2 Å². The monoisotopic (exact) mass is 260 g/mol. The van der Waals surface area contributed by atoms with Crippen molar-refractivity contribution in [1.29, 1.82) is 0 Å². The summed E-state index contributed by atoms with van der Waals surface area (Å²) in [5.74, 6) is 1.15. The lowest BCUT2D eigenvalue weighted by Gasteiger charge is -2.19. The highest BCUT2D eigenvalue weighted by Gasteiger charge is 2.07. The molecule has 3 N–H and O–H groups in total. The summed E-state index contributed by atoms with van der Waals surface area (Å²) in [6.07, 6.45) is -0.0276. The third kappa shape index (κ3) is 12.3. The fraction of sp³-hybridized carbons (Fsp3) is 1.00. The van der Waals surface area contributed by atoms with Gasteiger partial charge in [0.05, 0.1) is 18.8 Å². The van der Waals surface area contributed by atoms with Gasteiger partial charge < -0.3 is 20.5 Å². The first-order valence-electron chi connectivity index (χ1n) is 7.12. The van der Waals surface area contributed by atoms with E-state index in [4.69, 9.17) is 9.84 Å². The van der Waals surface area contributed by atoms with Crippen molar-refractivity contribution in [2.45, 2.75) is 46.8 Å². The van der Waals surface area contributed by atoms with Crippen LogP contribution in [0.1, 0.15) is 34.6 Å². The normalized spacial score (nSPS) is 16.8. The average Bonchev–Trinajstić information content (AvgIpc) is 2.25.